The topological polar surface area (TPSA) is 64.3 Å². The second-order valence-corrected chi connectivity index (χ2v) is 4.80. The van der Waals surface area contributed by atoms with Crippen LogP contribution in [0.5, 0.6) is 0 Å². The molecule has 18 heavy (non-hydrogen) atoms. The molecule has 1 heterocycles. The molecule has 1 atom stereocenters. The van der Waals surface area contributed by atoms with E-state index in [0.29, 0.717) is 13.2 Å². The molecule has 4 heteroatoms. The van der Waals surface area contributed by atoms with Gasteiger partial charge in [0.2, 0.25) is 5.91 Å². The van der Waals surface area contributed by atoms with Crippen molar-refractivity contribution in [2.45, 2.75) is 31.9 Å². The molecule has 0 aromatic heterocycles. The van der Waals surface area contributed by atoms with E-state index < -0.39 is 5.54 Å². The predicted molar refractivity (Wildman–Crippen MR) is 69.9 cm³/mol. The van der Waals surface area contributed by atoms with Crippen molar-refractivity contribution in [1.29, 1.82) is 0 Å². The van der Waals surface area contributed by atoms with Gasteiger partial charge in [-0.3, -0.25) is 4.79 Å². The van der Waals surface area contributed by atoms with Gasteiger partial charge in [-0.15, -0.1) is 0 Å². The van der Waals surface area contributed by atoms with Crippen LogP contribution in [0.15, 0.2) is 24.3 Å². The minimum atomic E-state index is -0.462. The highest BCUT2D eigenvalue weighted by Crippen LogP contribution is 2.33. The lowest BCUT2D eigenvalue weighted by Crippen LogP contribution is -2.51. The fourth-order valence-electron chi connectivity index (χ4n) is 2.54. The lowest BCUT2D eigenvalue weighted by Gasteiger charge is -2.39. The van der Waals surface area contributed by atoms with Gasteiger partial charge in [-0.05, 0) is 24.1 Å². The van der Waals surface area contributed by atoms with E-state index in [2.05, 4.69) is 18.3 Å². The van der Waals surface area contributed by atoms with Crippen LogP contribution in [0.4, 0.5) is 0 Å². The maximum atomic E-state index is 11.4. The molecule has 1 aromatic rings. The van der Waals surface area contributed by atoms with Crippen LogP contribution in [-0.2, 0) is 21.7 Å². The molecule has 1 amide bonds. The lowest BCUT2D eigenvalue weighted by atomic mass is 9.82. The SMILES string of the molecule is CCCNC1(CC(N)=O)COCc2ccccc21. The molecule has 2 rings (SSSR count). The van der Waals surface area contributed by atoms with E-state index in [4.69, 9.17) is 10.5 Å². The van der Waals surface area contributed by atoms with Gasteiger partial charge in [0.1, 0.15) is 0 Å². The minimum absolute atomic E-state index is 0.268. The molecule has 1 aliphatic heterocycles. The van der Waals surface area contributed by atoms with Crippen LogP contribution in [0.2, 0.25) is 0 Å². The largest absolute Gasteiger partial charge is 0.374 e. The fourth-order valence-corrected chi connectivity index (χ4v) is 2.54. The van der Waals surface area contributed by atoms with Gasteiger partial charge in [0.15, 0.2) is 0 Å². The number of carbonyl (C=O) groups is 1. The van der Waals surface area contributed by atoms with Gasteiger partial charge in [0.25, 0.3) is 0 Å². The van der Waals surface area contributed by atoms with Crippen LogP contribution in [0.25, 0.3) is 0 Å². The fraction of sp³-hybridized carbons (Fsp3) is 0.500. The summed E-state index contributed by atoms with van der Waals surface area (Å²) >= 11 is 0. The third-order valence-corrected chi connectivity index (χ3v) is 3.33. The Morgan fingerprint density at radius 1 is 1.50 bits per heavy atom. The van der Waals surface area contributed by atoms with Gasteiger partial charge in [0.05, 0.1) is 25.2 Å². The molecule has 0 saturated heterocycles. The van der Waals surface area contributed by atoms with E-state index in [0.717, 1.165) is 24.1 Å². The summed E-state index contributed by atoms with van der Waals surface area (Å²) in [6.07, 6.45) is 1.27. The summed E-state index contributed by atoms with van der Waals surface area (Å²) < 4.78 is 5.64. The van der Waals surface area contributed by atoms with Crippen molar-refractivity contribution in [3.05, 3.63) is 35.4 Å². The molecule has 0 spiro atoms. The molecule has 4 nitrogen and oxygen atoms in total. The third-order valence-electron chi connectivity index (χ3n) is 3.33. The number of benzene rings is 1. The number of amides is 1. The molecular weight excluding hydrogens is 228 g/mol. The van der Waals surface area contributed by atoms with Gasteiger partial charge in [-0.2, -0.15) is 0 Å². The Morgan fingerprint density at radius 2 is 2.28 bits per heavy atom. The first kappa shape index (κ1) is 13.1. The van der Waals surface area contributed by atoms with Crippen LogP contribution in [0.3, 0.4) is 0 Å². The molecule has 0 fully saturated rings. The third kappa shape index (κ3) is 2.54. The van der Waals surface area contributed by atoms with E-state index >= 15 is 0 Å². The Hall–Kier alpha value is -1.39. The van der Waals surface area contributed by atoms with Crippen molar-refractivity contribution < 1.29 is 9.53 Å². The Balaban J connectivity index is 2.37. The number of primary amides is 1. The Bertz CT molecular complexity index is 434. The van der Waals surface area contributed by atoms with E-state index in [1.807, 2.05) is 18.2 Å². The average Bonchev–Trinajstić information content (AvgIpc) is 2.36. The minimum Gasteiger partial charge on any atom is -0.374 e. The second-order valence-electron chi connectivity index (χ2n) is 4.80. The smallest absolute Gasteiger partial charge is 0.219 e. The monoisotopic (exact) mass is 248 g/mol. The summed E-state index contributed by atoms with van der Waals surface area (Å²) in [5.74, 6) is -0.307. The molecule has 98 valence electrons. The number of carbonyl (C=O) groups excluding carboxylic acids is 1. The van der Waals surface area contributed by atoms with Gasteiger partial charge >= 0.3 is 0 Å². The van der Waals surface area contributed by atoms with Crippen molar-refractivity contribution in [2.75, 3.05) is 13.2 Å². The van der Waals surface area contributed by atoms with E-state index in [9.17, 15) is 4.79 Å². The van der Waals surface area contributed by atoms with Gasteiger partial charge in [-0.25, -0.2) is 0 Å². The van der Waals surface area contributed by atoms with Crippen LogP contribution in [0.1, 0.15) is 30.9 Å². The first-order valence-corrected chi connectivity index (χ1v) is 6.37. The number of hydrogen-bond donors (Lipinski definition) is 2. The number of rotatable bonds is 5. The maximum Gasteiger partial charge on any atom is 0.219 e. The van der Waals surface area contributed by atoms with E-state index in [-0.39, 0.29) is 12.3 Å². The quantitative estimate of drug-likeness (QED) is 0.825. The van der Waals surface area contributed by atoms with E-state index in [1.54, 1.807) is 0 Å². The van der Waals surface area contributed by atoms with Crippen LogP contribution < -0.4 is 11.1 Å². The highest BCUT2D eigenvalue weighted by atomic mass is 16.5. The van der Waals surface area contributed by atoms with Crippen LogP contribution in [-0.4, -0.2) is 19.1 Å². The molecule has 3 N–H and O–H groups in total. The molecule has 1 aliphatic rings. The Labute approximate surface area is 108 Å². The molecule has 1 aromatic carbocycles. The van der Waals surface area contributed by atoms with Crippen molar-refractivity contribution in [3.8, 4) is 0 Å². The highest BCUT2D eigenvalue weighted by Gasteiger charge is 2.38. The molecule has 1 unspecified atom stereocenters. The summed E-state index contributed by atoms with van der Waals surface area (Å²) in [5, 5.41) is 3.45. The number of nitrogens with two attached hydrogens (primary N) is 1. The summed E-state index contributed by atoms with van der Waals surface area (Å²) in [6.45, 7) is 4.03. The van der Waals surface area contributed by atoms with Gasteiger partial charge < -0.3 is 15.8 Å². The normalized spacial score (nSPS) is 22.5. The van der Waals surface area contributed by atoms with Gasteiger partial charge in [-0.1, -0.05) is 31.2 Å². The number of nitrogens with one attached hydrogen (secondary N) is 1. The first-order chi connectivity index (χ1) is 8.68. The zero-order valence-corrected chi connectivity index (χ0v) is 10.7. The molecule has 0 bridgehead atoms. The summed E-state index contributed by atoms with van der Waals surface area (Å²) in [5.41, 5.74) is 7.22. The first-order valence-electron chi connectivity index (χ1n) is 6.37. The van der Waals surface area contributed by atoms with Gasteiger partial charge in [0, 0.05) is 0 Å². The van der Waals surface area contributed by atoms with Crippen LogP contribution >= 0.6 is 0 Å². The zero-order valence-electron chi connectivity index (χ0n) is 10.7. The number of fused-ring (bicyclic) bond motifs is 1. The summed E-state index contributed by atoms with van der Waals surface area (Å²) in [7, 11) is 0. The number of ether oxygens (including phenoxy) is 1. The molecular formula is C14H20N2O2. The highest BCUT2D eigenvalue weighted by molar-refractivity contribution is 5.75. The maximum absolute atomic E-state index is 11.4. The molecule has 0 aliphatic carbocycles. The lowest BCUT2D eigenvalue weighted by molar-refractivity contribution is -0.120. The average molecular weight is 248 g/mol. The Kier molecular flexibility index (Phi) is 3.99. The number of hydrogen-bond acceptors (Lipinski definition) is 3. The van der Waals surface area contributed by atoms with Crippen molar-refractivity contribution in [3.63, 3.8) is 0 Å². The Morgan fingerprint density at radius 3 is 3.00 bits per heavy atom. The summed E-state index contributed by atoms with van der Waals surface area (Å²) in [6, 6.07) is 8.08. The van der Waals surface area contributed by atoms with Crippen molar-refractivity contribution in [1.82, 2.24) is 5.32 Å². The zero-order chi connectivity index (χ0) is 13.0. The standard InChI is InChI=1S/C14H20N2O2/c1-2-7-16-14(8-13(15)17)10-18-9-11-5-3-4-6-12(11)14/h3-6,16H,2,7-10H2,1H3,(H2,15,17). The van der Waals surface area contributed by atoms with E-state index in [1.165, 1.54) is 0 Å². The van der Waals surface area contributed by atoms with Crippen molar-refractivity contribution >= 4 is 5.91 Å². The van der Waals surface area contributed by atoms with Crippen LogP contribution in [0, 0.1) is 0 Å². The van der Waals surface area contributed by atoms with Crippen molar-refractivity contribution in [2.24, 2.45) is 5.73 Å². The summed E-state index contributed by atoms with van der Waals surface area (Å²) in [4.78, 5) is 11.4. The second kappa shape index (κ2) is 5.50. The molecule has 0 saturated carbocycles. The molecule has 0 radical (unpaired) electrons. The predicted octanol–water partition coefficient (Wildman–Crippen LogP) is 1.29.